The molecule has 2 nitrogen and oxygen atoms in total. The van der Waals surface area contributed by atoms with Gasteiger partial charge in [-0.15, -0.1) is 0 Å². The van der Waals surface area contributed by atoms with Gasteiger partial charge in [0.1, 0.15) is 0 Å². The van der Waals surface area contributed by atoms with E-state index in [1.165, 1.54) is 19.3 Å². The van der Waals surface area contributed by atoms with Crippen LogP contribution in [0.2, 0.25) is 0 Å². The highest BCUT2D eigenvalue weighted by molar-refractivity contribution is 4.91. The zero-order chi connectivity index (χ0) is 10.6. The summed E-state index contributed by atoms with van der Waals surface area (Å²) >= 11 is 0. The van der Waals surface area contributed by atoms with Crippen molar-refractivity contribution in [3.05, 3.63) is 0 Å². The summed E-state index contributed by atoms with van der Waals surface area (Å²) in [4.78, 5) is 0. The fourth-order valence-corrected chi connectivity index (χ4v) is 2.25. The van der Waals surface area contributed by atoms with Crippen LogP contribution in [0.5, 0.6) is 0 Å². The van der Waals surface area contributed by atoms with Gasteiger partial charge in [0.2, 0.25) is 0 Å². The first-order chi connectivity index (χ1) is 6.52. The number of ether oxygens (including phenoxy) is 1. The van der Waals surface area contributed by atoms with E-state index in [-0.39, 0.29) is 5.54 Å². The molecule has 1 saturated carbocycles. The van der Waals surface area contributed by atoms with Gasteiger partial charge in [0.05, 0.1) is 0 Å². The fourth-order valence-electron chi connectivity index (χ4n) is 2.25. The molecule has 84 valence electrons. The van der Waals surface area contributed by atoms with Gasteiger partial charge in [-0.05, 0) is 37.5 Å². The second-order valence-corrected chi connectivity index (χ2v) is 5.43. The summed E-state index contributed by atoms with van der Waals surface area (Å²) < 4.78 is 5.58. The first-order valence-corrected chi connectivity index (χ1v) is 5.88. The topological polar surface area (TPSA) is 35.2 Å². The Morgan fingerprint density at radius 1 is 1.50 bits per heavy atom. The zero-order valence-corrected chi connectivity index (χ0v) is 9.88. The Hall–Kier alpha value is -0.0800. The third-order valence-corrected chi connectivity index (χ3v) is 3.09. The monoisotopic (exact) mass is 199 g/mol. The van der Waals surface area contributed by atoms with E-state index in [0.29, 0.717) is 5.92 Å². The fraction of sp³-hybridized carbons (Fsp3) is 1.00. The molecular formula is C12H25NO. The Balaban J connectivity index is 2.11. The molecule has 0 aromatic rings. The third kappa shape index (κ3) is 3.97. The maximum Gasteiger partial charge on any atom is 0.0489 e. The van der Waals surface area contributed by atoms with Crippen LogP contribution in [-0.2, 0) is 4.74 Å². The molecule has 1 rings (SSSR count). The van der Waals surface area contributed by atoms with E-state index in [0.717, 1.165) is 25.6 Å². The number of rotatable bonds is 5. The molecule has 0 aromatic heterocycles. The highest BCUT2D eigenvalue weighted by Crippen LogP contribution is 2.34. The molecule has 0 saturated heterocycles. The van der Waals surface area contributed by atoms with Gasteiger partial charge >= 0.3 is 0 Å². The van der Waals surface area contributed by atoms with Crippen LogP contribution in [0.3, 0.4) is 0 Å². The molecular weight excluding hydrogens is 174 g/mol. The van der Waals surface area contributed by atoms with Crippen molar-refractivity contribution in [3.63, 3.8) is 0 Å². The standard InChI is InChI=1S/C12H25NO/c1-10(2)9-14-7-6-12(13)5-4-11(3)8-12/h10-11H,4-9,13H2,1-3H3. The maximum absolute atomic E-state index is 6.29. The van der Waals surface area contributed by atoms with Gasteiger partial charge in [-0.2, -0.15) is 0 Å². The SMILES string of the molecule is CC(C)COCCC1(N)CCC(C)C1. The lowest BCUT2D eigenvalue weighted by Crippen LogP contribution is -2.38. The minimum Gasteiger partial charge on any atom is -0.381 e. The van der Waals surface area contributed by atoms with Gasteiger partial charge in [-0.1, -0.05) is 20.8 Å². The van der Waals surface area contributed by atoms with Crippen molar-refractivity contribution < 1.29 is 4.74 Å². The molecule has 1 aliphatic rings. The Morgan fingerprint density at radius 2 is 2.21 bits per heavy atom. The maximum atomic E-state index is 6.29. The zero-order valence-electron chi connectivity index (χ0n) is 9.88. The summed E-state index contributed by atoms with van der Waals surface area (Å²) in [6, 6.07) is 0. The summed E-state index contributed by atoms with van der Waals surface area (Å²) in [5, 5.41) is 0. The minimum absolute atomic E-state index is 0.0798. The molecule has 0 aliphatic heterocycles. The van der Waals surface area contributed by atoms with Crippen LogP contribution in [0, 0.1) is 11.8 Å². The molecule has 2 heteroatoms. The van der Waals surface area contributed by atoms with Gasteiger partial charge in [-0.25, -0.2) is 0 Å². The highest BCUT2D eigenvalue weighted by Gasteiger charge is 2.32. The third-order valence-electron chi connectivity index (χ3n) is 3.09. The predicted octanol–water partition coefficient (Wildman–Crippen LogP) is 2.57. The molecule has 0 bridgehead atoms. The summed E-state index contributed by atoms with van der Waals surface area (Å²) in [5.74, 6) is 1.44. The molecule has 1 fully saturated rings. The quantitative estimate of drug-likeness (QED) is 0.691. The first kappa shape index (κ1) is 12.0. The van der Waals surface area contributed by atoms with E-state index < -0.39 is 0 Å². The normalized spacial score (nSPS) is 32.8. The molecule has 0 aromatic carbocycles. The van der Waals surface area contributed by atoms with Gasteiger partial charge in [0, 0.05) is 18.8 Å². The van der Waals surface area contributed by atoms with Crippen molar-refractivity contribution >= 4 is 0 Å². The molecule has 2 N–H and O–H groups in total. The summed E-state index contributed by atoms with van der Waals surface area (Å²) in [5.41, 5.74) is 6.37. The molecule has 2 atom stereocenters. The molecule has 0 radical (unpaired) electrons. The van der Waals surface area contributed by atoms with E-state index in [9.17, 15) is 0 Å². The van der Waals surface area contributed by atoms with Crippen LogP contribution < -0.4 is 5.73 Å². The van der Waals surface area contributed by atoms with Gasteiger partial charge in [-0.3, -0.25) is 0 Å². The molecule has 0 spiro atoms. The summed E-state index contributed by atoms with van der Waals surface area (Å²) in [7, 11) is 0. The smallest absolute Gasteiger partial charge is 0.0489 e. The second kappa shape index (κ2) is 5.13. The van der Waals surface area contributed by atoms with Crippen LogP contribution in [0.25, 0.3) is 0 Å². The molecule has 2 unspecified atom stereocenters. The summed E-state index contributed by atoms with van der Waals surface area (Å²) in [6.07, 6.45) is 4.68. The highest BCUT2D eigenvalue weighted by atomic mass is 16.5. The lowest BCUT2D eigenvalue weighted by Gasteiger charge is -2.24. The molecule has 0 amide bonds. The lowest BCUT2D eigenvalue weighted by atomic mass is 9.94. The first-order valence-electron chi connectivity index (χ1n) is 5.88. The van der Waals surface area contributed by atoms with Crippen LogP contribution in [0.1, 0.15) is 46.5 Å². The Morgan fingerprint density at radius 3 is 2.71 bits per heavy atom. The van der Waals surface area contributed by atoms with Crippen LogP contribution in [0.4, 0.5) is 0 Å². The Bertz CT molecular complexity index is 170. The average molecular weight is 199 g/mol. The van der Waals surface area contributed by atoms with E-state index in [1.807, 2.05) is 0 Å². The van der Waals surface area contributed by atoms with Crippen LogP contribution >= 0.6 is 0 Å². The van der Waals surface area contributed by atoms with Crippen molar-refractivity contribution in [1.82, 2.24) is 0 Å². The predicted molar refractivity (Wildman–Crippen MR) is 60.2 cm³/mol. The van der Waals surface area contributed by atoms with Gasteiger partial charge in [0.25, 0.3) is 0 Å². The Kier molecular flexibility index (Phi) is 4.39. The average Bonchev–Trinajstić information content (AvgIpc) is 2.41. The van der Waals surface area contributed by atoms with E-state index >= 15 is 0 Å². The van der Waals surface area contributed by atoms with E-state index in [4.69, 9.17) is 10.5 Å². The van der Waals surface area contributed by atoms with Crippen molar-refractivity contribution in [2.24, 2.45) is 17.6 Å². The van der Waals surface area contributed by atoms with E-state index in [1.54, 1.807) is 0 Å². The molecule has 1 aliphatic carbocycles. The summed E-state index contributed by atoms with van der Waals surface area (Å²) in [6.45, 7) is 8.35. The largest absolute Gasteiger partial charge is 0.381 e. The number of hydrogen-bond donors (Lipinski definition) is 1. The van der Waals surface area contributed by atoms with Crippen molar-refractivity contribution in [1.29, 1.82) is 0 Å². The van der Waals surface area contributed by atoms with Crippen molar-refractivity contribution in [2.45, 2.75) is 52.0 Å². The van der Waals surface area contributed by atoms with E-state index in [2.05, 4.69) is 20.8 Å². The van der Waals surface area contributed by atoms with Gasteiger partial charge < -0.3 is 10.5 Å². The van der Waals surface area contributed by atoms with Gasteiger partial charge in [0.15, 0.2) is 0 Å². The number of hydrogen-bond acceptors (Lipinski definition) is 2. The van der Waals surface area contributed by atoms with Crippen molar-refractivity contribution in [3.8, 4) is 0 Å². The minimum atomic E-state index is 0.0798. The lowest BCUT2D eigenvalue weighted by molar-refractivity contribution is 0.0933. The Labute approximate surface area is 88.2 Å². The molecule has 0 heterocycles. The van der Waals surface area contributed by atoms with Crippen molar-refractivity contribution in [2.75, 3.05) is 13.2 Å². The second-order valence-electron chi connectivity index (χ2n) is 5.43. The number of nitrogens with two attached hydrogens (primary N) is 1. The van der Waals surface area contributed by atoms with Crippen LogP contribution in [0.15, 0.2) is 0 Å². The molecule has 14 heavy (non-hydrogen) atoms. The van der Waals surface area contributed by atoms with Crippen LogP contribution in [-0.4, -0.2) is 18.8 Å².